The lowest BCUT2D eigenvalue weighted by molar-refractivity contribution is -0.145. The molecule has 0 aliphatic heterocycles. The van der Waals surface area contributed by atoms with Crippen LogP contribution >= 0.6 is 7.60 Å². The average Bonchev–Trinajstić information content (AvgIpc) is 2.38. The van der Waals surface area contributed by atoms with Crippen molar-refractivity contribution in [1.82, 2.24) is 0 Å². The van der Waals surface area contributed by atoms with Gasteiger partial charge in [-0.3, -0.25) is 9.36 Å². The predicted octanol–water partition coefficient (Wildman–Crippen LogP) is 2.78. The highest BCUT2D eigenvalue weighted by Gasteiger charge is 2.29. The zero-order valence-electron chi connectivity index (χ0n) is 10.7. The van der Waals surface area contributed by atoms with Gasteiger partial charge in [-0.25, -0.2) is 0 Å². The van der Waals surface area contributed by atoms with Gasteiger partial charge in [-0.15, -0.1) is 0 Å². The van der Waals surface area contributed by atoms with E-state index >= 15 is 0 Å². The number of benzene rings is 1. The van der Waals surface area contributed by atoms with Crippen molar-refractivity contribution in [2.24, 2.45) is 0 Å². The fraction of sp³-hybridized carbons (Fsp3) is 0.417. The SMILES string of the molecule is COP(=O)(CC(OC(C)=O)c1ccccc1)OC. The number of ether oxygens (including phenoxy) is 1. The molecule has 1 rings (SSSR count). The number of rotatable bonds is 6. The van der Waals surface area contributed by atoms with Gasteiger partial charge >= 0.3 is 13.6 Å². The first-order valence-electron chi connectivity index (χ1n) is 5.43. The lowest BCUT2D eigenvalue weighted by Crippen LogP contribution is -2.14. The minimum Gasteiger partial charge on any atom is -0.457 e. The monoisotopic (exact) mass is 272 g/mol. The molecular formula is C12H17O5P. The summed E-state index contributed by atoms with van der Waals surface area (Å²) in [5, 5.41) is 0. The molecule has 1 unspecified atom stereocenters. The van der Waals surface area contributed by atoms with E-state index in [4.69, 9.17) is 13.8 Å². The molecule has 100 valence electrons. The summed E-state index contributed by atoms with van der Waals surface area (Å²) in [4.78, 5) is 11.1. The summed E-state index contributed by atoms with van der Waals surface area (Å²) in [6, 6.07) is 9.07. The fourth-order valence-electron chi connectivity index (χ4n) is 1.51. The summed E-state index contributed by atoms with van der Waals surface area (Å²) in [6.07, 6.45) is -0.654. The second-order valence-corrected chi connectivity index (χ2v) is 5.98. The van der Waals surface area contributed by atoms with Crippen LogP contribution in [0.5, 0.6) is 0 Å². The van der Waals surface area contributed by atoms with E-state index < -0.39 is 19.7 Å². The summed E-state index contributed by atoms with van der Waals surface area (Å²) in [5.41, 5.74) is 0.752. The van der Waals surface area contributed by atoms with Gasteiger partial charge in [0.1, 0.15) is 6.10 Å². The molecule has 5 nitrogen and oxygen atoms in total. The third kappa shape index (κ3) is 4.26. The Kier molecular flexibility index (Phi) is 5.54. The van der Waals surface area contributed by atoms with E-state index in [-0.39, 0.29) is 6.16 Å². The van der Waals surface area contributed by atoms with Crippen LogP contribution in [0.25, 0.3) is 0 Å². The Bertz CT molecular complexity index is 423. The maximum absolute atomic E-state index is 12.1. The van der Waals surface area contributed by atoms with Crippen LogP contribution in [-0.4, -0.2) is 26.4 Å². The molecule has 0 heterocycles. The third-order valence-corrected chi connectivity index (χ3v) is 4.32. The van der Waals surface area contributed by atoms with Gasteiger partial charge in [-0.2, -0.15) is 0 Å². The Morgan fingerprint density at radius 1 is 1.22 bits per heavy atom. The highest BCUT2D eigenvalue weighted by Crippen LogP contribution is 2.49. The summed E-state index contributed by atoms with van der Waals surface area (Å²) in [5.74, 6) is -0.442. The molecule has 0 radical (unpaired) electrons. The molecule has 18 heavy (non-hydrogen) atoms. The first kappa shape index (κ1) is 14.9. The summed E-state index contributed by atoms with van der Waals surface area (Å²) < 4.78 is 27.0. The number of esters is 1. The average molecular weight is 272 g/mol. The van der Waals surface area contributed by atoms with Crippen molar-refractivity contribution in [3.05, 3.63) is 35.9 Å². The van der Waals surface area contributed by atoms with Crippen molar-refractivity contribution >= 4 is 13.6 Å². The maximum Gasteiger partial charge on any atom is 0.334 e. The Labute approximate surface area is 107 Å². The molecular weight excluding hydrogens is 255 g/mol. The van der Waals surface area contributed by atoms with Crippen molar-refractivity contribution < 1.29 is 23.1 Å². The topological polar surface area (TPSA) is 61.8 Å². The van der Waals surface area contributed by atoms with E-state index in [2.05, 4.69) is 0 Å². The molecule has 1 aromatic carbocycles. The van der Waals surface area contributed by atoms with Crippen LogP contribution in [-0.2, 0) is 23.1 Å². The van der Waals surface area contributed by atoms with E-state index in [9.17, 15) is 9.36 Å². The Hall–Kier alpha value is -1.16. The summed E-state index contributed by atoms with van der Waals surface area (Å²) in [6.45, 7) is 1.31. The van der Waals surface area contributed by atoms with Crippen molar-refractivity contribution in [2.75, 3.05) is 20.4 Å². The molecule has 0 aliphatic carbocycles. The molecule has 0 aliphatic rings. The maximum atomic E-state index is 12.1. The van der Waals surface area contributed by atoms with Crippen LogP contribution < -0.4 is 0 Å². The number of carbonyl (C=O) groups is 1. The fourth-order valence-corrected chi connectivity index (χ4v) is 2.64. The molecule has 0 spiro atoms. The van der Waals surface area contributed by atoms with E-state index in [1.165, 1.54) is 21.1 Å². The number of carbonyl (C=O) groups excluding carboxylic acids is 1. The lowest BCUT2D eigenvalue weighted by Gasteiger charge is -2.21. The number of hydrogen-bond donors (Lipinski definition) is 0. The molecule has 1 atom stereocenters. The minimum absolute atomic E-state index is 0.0103. The quantitative estimate of drug-likeness (QED) is 0.588. The summed E-state index contributed by atoms with van der Waals surface area (Å²) in [7, 11) is -0.625. The predicted molar refractivity (Wildman–Crippen MR) is 67.4 cm³/mol. The molecule has 0 N–H and O–H groups in total. The Morgan fingerprint density at radius 2 is 1.78 bits per heavy atom. The summed E-state index contributed by atoms with van der Waals surface area (Å²) >= 11 is 0. The van der Waals surface area contributed by atoms with E-state index in [1.54, 1.807) is 12.1 Å². The highest BCUT2D eigenvalue weighted by atomic mass is 31.2. The zero-order valence-corrected chi connectivity index (χ0v) is 11.6. The van der Waals surface area contributed by atoms with Crippen LogP contribution in [0, 0.1) is 0 Å². The molecule has 0 fully saturated rings. The second kappa shape index (κ2) is 6.69. The number of hydrogen-bond acceptors (Lipinski definition) is 5. The van der Waals surface area contributed by atoms with Gasteiger partial charge in [0.25, 0.3) is 0 Å². The van der Waals surface area contributed by atoms with Gasteiger partial charge in [0.05, 0.1) is 6.16 Å². The van der Waals surface area contributed by atoms with Crippen LogP contribution in [0.4, 0.5) is 0 Å². The van der Waals surface area contributed by atoms with Gasteiger partial charge < -0.3 is 13.8 Å². The highest BCUT2D eigenvalue weighted by molar-refractivity contribution is 7.53. The van der Waals surface area contributed by atoms with Crippen molar-refractivity contribution in [2.45, 2.75) is 13.0 Å². The molecule has 0 saturated carbocycles. The van der Waals surface area contributed by atoms with Gasteiger partial charge in [0.15, 0.2) is 0 Å². The van der Waals surface area contributed by atoms with Crippen LogP contribution in [0.3, 0.4) is 0 Å². The van der Waals surface area contributed by atoms with Crippen molar-refractivity contribution in [1.29, 1.82) is 0 Å². The van der Waals surface area contributed by atoms with Crippen LogP contribution in [0.15, 0.2) is 30.3 Å². The van der Waals surface area contributed by atoms with Crippen molar-refractivity contribution in [3.8, 4) is 0 Å². The molecule has 1 aromatic rings. The van der Waals surface area contributed by atoms with E-state index in [0.717, 1.165) is 5.56 Å². The van der Waals surface area contributed by atoms with E-state index in [0.29, 0.717) is 0 Å². The van der Waals surface area contributed by atoms with Crippen molar-refractivity contribution in [3.63, 3.8) is 0 Å². The molecule has 0 saturated heterocycles. The third-order valence-electron chi connectivity index (χ3n) is 2.43. The van der Waals surface area contributed by atoms with Gasteiger partial charge in [-0.1, -0.05) is 30.3 Å². The largest absolute Gasteiger partial charge is 0.457 e. The first-order chi connectivity index (χ1) is 8.50. The van der Waals surface area contributed by atoms with E-state index in [1.807, 2.05) is 18.2 Å². The first-order valence-corrected chi connectivity index (χ1v) is 7.16. The standard InChI is InChI=1S/C12H17O5P/c1-10(13)17-12(9-18(14,15-2)16-3)11-7-5-4-6-8-11/h4-8,12H,9H2,1-3H3. The molecule has 6 heteroatoms. The normalized spacial score (nSPS) is 13.1. The van der Waals surface area contributed by atoms with Gasteiger partial charge in [-0.05, 0) is 5.56 Å². The second-order valence-electron chi connectivity index (χ2n) is 3.67. The lowest BCUT2D eigenvalue weighted by atomic mass is 10.1. The van der Waals surface area contributed by atoms with Gasteiger partial charge in [0.2, 0.25) is 0 Å². The molecule has 0 aromatic heterocycles. The minimum atomic E-state index is -3.24. The van der Waals surface area contributed by atoms with Crippen LogP contribution in [0.1, 0.15) is 18.6 Å². The Morgan fingerprint density at radius 3 is 2.22 bits per heavy atom. The van der Waals surface area contributed by atoms with Gasteiger partial charge in [0, 0.05) is 21.1 Å². The van der Waals surface area contributed by atoms with Crippen LogP contribution in [0.2, 0.25) is 0 Å². The zero-order chi connectivity index (χ0) is 13.6. The Balaban J connectivity index is 2.93. The molecule has 0 amide bonds. The smallest absolute Gasteiger partial charge is 0.334 e. The molecule has 0 bridgehead atoms.